The van der Waals surface area contributed by atoms with Gasteiger partial charge in [-0.05, 0) is 38.5 Å². The summed E-state index contributed by atoms with van der Waals surface area (Å²) >= 11 is 0. The Morgan fingerprint density at radius 3 is 2.21 bits per heavy atom. The average Bonchev–Trinajstić information content (AvgIpc) is 2.58. The number of amides is 1. The Hall–Kier alpha value is -2.29. The molecule has 1 amide bonds. The number of carbonyl (C=O) groups excluding carboxylic acids is 2. The highest BCUT2D eigenvalue weighted by Crippen LogP contribution is 2.29. The van der Waals surface area contributed by atoms with E-state index in [1.807, 2.05) is 0 Å². The summed E-state index contributed by atoms with van der Waals surface area (Å²) in [4.78, 5) is 26.9. The van der Waals surface area contributed by atoms with E-state index in [9.17, 15) is 22.8 Å². The molecule has 0 radical (unpaired) electrons. The van der Waals surface area contributed by atoms with Crippen molar-refractivity contribution in [2.75, 3.05) is 33.3 Å². The molecule has 0 aliphatic carbocycles. The Bertz CT molecular complexity index is 699. The number of halogens is 3. The van der Waals surface area contributed by atoms with E-state index in [0.717, 1.165) is 0 Å². The van der Waals surface area contributed by atoms with Crippen molar-refractivity contribution >= 4 is 12.1 Å². The number of esters is 1. The van der Waals surface area contributed by atoms with E-state index in [0.29, 0.717) is 11.1 Å². The summed E-state index contributed by atoms with van der Waals surface area (Å²) in [6, 6.07) is 5.66. The van der Waals surface area contributed by atoms with Crippen LogP contribution in [-0.2, 0) is 9.47 Å². The third-order valence-electron chi connectivity index (χ3n) is 4.21. The third kappa shape index (κ3) is 6.12. The van der Waals surface area contributed by atoms with Crippen LogP contribution in [0.4, 0.5) is 18.0 Å². The van der Waals surface area contributed by atoms with Crippen molar-refractivity contribution in [1.82, 2.24) is 9.80 Å². The number of alkyl halides is 3. The number of benzene rings is 1. The second kappa shape index (κ2) is 8.38. The molecule has 0 saturated carbocycles. The molecule has 1 unspecified atom stereocenters. The molecule has 6 nitrogen and oxygen atoms in total. The van der Waals surface area contributed by atoms with Gasteiger partial charge in [-0.2, -0.15) is 13.2 Å². The molecule has 1 aliphatic heterocycles. The number of carbonyl (C=O) groups is 2. The zero-order valence-corrected chi connectivity index (χ0v) is 16.4. The van der Waals surface area contributed by atoms with E-state index < -0.39 is 36.4 Å². The molecule has 0 bridgehead atoms. The molecule has 2 rings (SSSR count). The van der Waals surface area contributed by atoms with Crippen LogP contribution in [0.5, 0.6) is 0 Å². The Kier molecular flexibility index (Phi) is 6.59. The maximum atomic E-state index is 12.8. The lowest BCUT2D eigenvalue weighted by molar-refractivity contribution is -0.151. The van der Waals surface area contributed by atoms with Crippen molar-refractivity contribution in [2.24, 2.45) is 0 Å². The van der Waals surface area contributed by atoms with E-state index in [-0.39, 0.29) is 19.6 Å². The Labute approximate surface area is 162 Å². The first kappa shape index (κ1) is 22.0. The predicted octanol–water partition coefficient (Wildman–Crippen LogP) is 3.63. The van der Waals surface area contributed by atoms with Crippen LogP contribution in [0.15, 0.2) is 24.3 Å². The van der Waals surface area contributed by atoms with Crippen LogP contribution in [0.3, 0.4) is 0 Å². The van der Waals surface area contributed by atoms with Crippen molar-refractivity contribution in [3.63, 3.8) is 0 Å². The van der Waals surface area contributed by atoms with Gasteiger partial charge in [-0.15, -0.1) is 0 Å². The minimum Gasteiger partial charge on any atom is -0.465 e. The fraction of sp³-hybridized carbons (Fsp3) is 0.579. The zero-order chi connectivity index (χ0) is 21.1. The van der Waals surface area contributed by atoms with Gasteiger partial charge in [-0.1, -0.05) is 12.1 Å². The average molecular weight is 402 g/mol. The molecule has 0 N–H and O–H groups in total. The molecule has 1 fully saturated rings. The summed E-state index contributed by atoms with van der Waals surface area (Å²) < 4.78 is 48.6. The lowest BCUT2D eigenvalue weighted by Crippen LogP contribution is -2.53. The number of hydrogen-bond acceptors (Lipinski definition) is 5. The Morgan fingerprint density at radius 1 is 1.11 bits per heavy atom. The maximum Gasteiger partial charge on any atom is 0.410 e. The van der Waals surface area contributed by atoms with Crippen LogP contribution < -0.4 is 0 Å². The van der Waals surface area contributed by atoms with Gasteiger partial charge < -0.3 is 9.47 Å². The molecule has 9 heteroatoms. The zero-order valence-electron chi connectivity index (χ0n) is 16.4. The highest BCUT2D eigenvalue weighted by Gasteiger charge is 2.38. The summed E-state index contributed by atoms with van der Waals surface area (Å²) in [5.74, 6) is -0.516. The van der Waals surface area contributed by atoms with Gasteiger partial charge in [0.1, 0.15) is 5.60 Å². The van der Waals surface area contributed by atoms with Gasteiger partial charge in [-0.3, -0.25) is 9.80 Å². The molecule has 0 aromatic heterocycles. The lowest BCUT2D eigenvalue weighted by atomic mass is 10.0. The number of methoxy groups -OCH3 is 1. The van der Waals surface area contributed by atoms with Crippen LogP contribution in [0.2, 0.25) is 0 Å². The first-order chi connectivity index (χ1) is 12.9. The summed E-state index contributed by atoms with van der Waals surface area (Å²) in [5.41, 5.74) is 0.211. The molecule has 1 heterocycles. The monoisotopic (exact) mass is 402 g/mol. The molecular weight excluding hydrogens is 377 g/mol. The van der Waals surface area contributed by atoms with Gasteiger partial charge >= 0.3 is 18.2 Å². The highest BCUT2D eigenvalue weighted by molar-refractivity contribution is 5.89. The van der Waals surface area contributed by atoms with Gasteiger partial charge in [-0.25, -0.2) is 9.59 Å². The molecule has 1 atom stereocenters. The van der Waals surface area contributed by atoms with Gasteiger partial charge in [0.05, 0.1) is 25.3 Å². The molecule has 1 saturated heterocycles. The molecule has 156 valence electrons. The van der Waals surface area contributed by atoms with Gasteiger partial charge in [0.25, 0.3) is 0 Å². The van der Waals surface area contributed by atoms with E-state index in [1.54, 1.807) is 32.9 Å². The lowest BCUT2D eigenvalue weighted by Gasteiger charge is -2.42. The van der Waals surface area contributed by atoms with E-state index in [2.05, 4.69) is 4.74 Å². The standard InChI is InChI=1S/C19H25F3N2O4/c1-18(2,3)28-17(26)24-10-9-23(12-19(20,21)22)11-15(24)13-5-7-14(8-6-13)16(25)27-4/h5-8,15H,9-12H2,1-4H3. The first-order valence-corrected chi connectivity index (χ1v) is 8.86. The first-order valence-electron chi connectivity index (χ1n) is 8.86. The molecule has 28 heavy (non-hydrogen) atoms. The highest BCUT2D eigenvalue weighted by atomic mass is 19.4. The number of ether oxygens (including phenoxy) is 2. The van der Waals surface area contributed by atoms with Crippen molar-refractivity contribution in [3.8, 4) is 0 Å². The number of hydrogen-bond donors (Lipinski definition) is 0. The second-order valence-corrected chi connectivity index (χ2v) is 7.65. The number of piperazine rings is 1. The Balaban J connectivity index is 2.27. The number of nitrogens with zero attached hydrogens (tertiary/aromatic N) is 2. The molecular formula is C19H25F3N2O4. The summed E-state index contributed by atoms with van der Waals surface area (Å²) in [5, 5.41) is 0. The second-order valence-electron chi connectivity index (χ2n) is 7.65. The van der Waals surface area contributed by atoms with Crippen LogP contribution in [0, 0.1) is 0 Å². The molecule has 1 aromatic rings. The van der Waals surface area contributed by atoms with Gasteiger partial charge in [0.2, 0.25) is 0 Å². The largest absolute Gasteiger partial charge is 0.465 e. The van der Waals surface area contributed by atoms with Crippen molar-refractivity contribution in [1.29, 1.82) is 0 Å². The topological polar surface area (TPSA) is 59.1 Å². The van der Waals surface area contributed by atoms with Gasteiger partial charge in [0, 0.05) is 19.6 Å². The van der Waals surface area contributed by atoms with Crippen LogP contribution in [0.1, 0.15) is 42.7 Å². The third-order valence-corrected chi connectivity index (χ3v) is 4.21. The SMILES string of the molecule is COC(=O)c1ccc(C2CN(CC(F)(F)F)CCN2C(=O)OC(C)(C)C)cc1. The van der Waals surface area contributed by atoms with Crippen molar-refractivity contribution in [3.05, 3.63) is 35.4 Å². The normalized spacial score (nSPS) is 18.7. The van der Waals surface area contributed by atoms with E-state index in [4.69, 9.17) is 4.74 Å². The summed E-state index contributed by atoms with van der Waals surface area (Å²) in [6.07, 6.45) is -4.91. The molecule has 0 spiro atoms. The molecule has 1 aromatic carbocycles. The van der Waals surface area contributed by atoms with Gasteiger partial charge in [0.15, 0.2) is 0 Å². The fourth-order valence-electron chi connectivity index (χ4n) is 3.02. The molecule has 1 aliphatic rings. The minimum atomic E-state index is -4.33. The Morgan fingerprint density at radius 2 is 1.71 bits per heavy atom. The number of rotatable bonds is 3. The van der Waals surface area contributed by atoms with E-state index >= 15 is 0 Å². The summed E-state index contributed by atoms with van der Waals surface area (Å²) in [6.45, 7) is 4.34. The fourth-order valence-corrected chi connectivity index (χ4v) is 3.02. The van der Waals surface area contributed by atoms with Crippen molar-refractivity contribution < 1.29 is 32.2 Å². The van der Waals surface area contributed by atoms with E-state index in [1.165, 1.54) is 29.0 Å². The maximum absolute atomic E-state index is 12.8. The van der Waals surface area contributed by atoms with Crippen LogP contribution >= 0.6 is 0 Å². The quantitative estimate of drug-likeness (QED) is 0.723. The van der Waals surface area contributed by atoms with Crippen LogP contribution in [0.25, 0.3) is 0 Å². The minimum absolute atomic E-state index is 0.0102. The van der Waals surface area contributed by atoms with Crippen LogP contribution in [-0.4, -0.2) is 66.9 Å². The summed E-state index contributed by atoms with van der Waals surface area (Å²) in [7, 11) is 1.26. The predicted molar refractivity (Wildman–Crippen MR) is 96.0 cm³/mol. The van der Waals surface area contributed by atoms with Crippen molar-refractivity contribution in [2.45, 2.75) is 38.6 Å². The smallest absolute Gasteiger partial charge is 0.410 e.